The van der Waals surface area contributed by atoms with Crippen molar-refractivity contribution in [3.8, 4) is 11.4 Å². The molecule has 3 aromatic rings. The lowest BCUT2D eigenvalue weighted by Gasteiger charge is -2.09. The van der Waals surface area contributed by atoms with E-state index in [1.54, 1.807) is 16.0 Å². The molecule has 0 aliphatic carbocycles. The number of thiophene rings is 1. The lowest BCUT2D eigenvalue weighted by molar-refractivity contribution is -0.117. The van der Waals surface area contributed by atoms with Crippen LogP contribution in [0.5, 0.6) is 0 Å². The number of hydrogen-bond donors (Lipinski definition) is 2. The smallest absolute Gasteiger partial charge is 0.225 e. The minimum Gasteiger partial charge on any atom is -0.391 e. The maximum absolute atomic E-state index is 11.2. The van der Waals surface area contributed by atoms with Crippen molar-refractivity contribution < 1.29 is 9.90 Å². The van der Waals surface area contributed by atoms with Crippen LogP contribution >= 0.6 is 11.3 Å². The molecule has 1 amide bonds. The van der Waals surface area contributed by atoms with E-state index in [-0.39, 0.29) is 6.42 Å². The Bertz CT molecular complexity index is 840. The van der Waals surface area contributed by atoms with Gasteiger partial charge in [0, 0.05) is 21.0 Å². The summed E-state index contributed by atoms with van der Waals surface area (Å²) < 4.78 is 2.82. The maximum Gasteiger partial charge on any atom is 0.225 e. The molecule has 0 bridgehead atoms. The number of benzene rings is 1. The molecule has 7 heteroatoms. The van der Waals surface area contributed by atoms with E-state index >= 15 is 0 Å². The summed E-state index contributed by atoms with van der Waals surface area (Å²) >= 11 is 1.63. The number of aromatic nitrogens is 3. The van der Waals surface area contributed by atoms with Gasteiger partial charge in [0.05, 0.1) is 19.1 Å². The molecule has 0 radical (unpaired) electrons. The minimum absolute atomic E-state index is 0.00963. The third kappa shape index (κ3) is 3.25. The molecule has 0 fully saturated rings. The number of primary amides is 1. The maximum atomic E-state index is 11.2. The zero-order valence-electron chi connectivity index (χ0n) is 12.8. The van der Waals surface area contributed by atoms with Crippen LogP contribution in [0.25, 0.3) is 21.5 Å². The van der Waals surface area contributed by atoms with Crippen LogP contribution in [0.4, 0.5) is 0 Å². The summed E-state index contributed by atoms with van der Waals surface area (Å²) in [7, 11) is 0. The van der Waals surface area contributed by atoms with Crippen molar-refractivity contribution in [2.75, 3.05) is 0 Å². The molecule has 3 N–H and O–H groups in total. The number of carbonyl (C=O) groups is 1. The fourth-order valence-corrected chi connectivity index (χ4v) is 3.37. The van der Waals surface area contributed by atoms with Gasteiger partial charge in [0.25, 0.3) is 0 Å². The van der Waals surface area contributed by atoms with Crippen molar-refractivity contribution in [3.05, 3.63) is 35.5 Å². The van der Waals surface area contributed by atoms with Crippen LogP contribution in [0.1, 0.15) is 19.2 Å². The highest BCUT2D eigenvalue weighted by Gasteiger charge is 2.18. The Morgan fingerprint density at radius 3 is 2.96 bits per heavy atom. The Morgan fingerprint density at radius 1 is 1.43 bits per heavy atom. The Morgan fingerprint density at radius 2 is 2.22 bits per heavy atom. The number of amides is 1. The van der Waals surface area contributed by atoms with Gasteiger partial charge in [-0.15, -0.1) is 11.3 Å². The molecule has 1 atom stereocenters. The van der Waals surface area contributed by atoms with E-state index in [1.807, 2.05) is 30.5 Å². The molecule has 0 unspecified atom stereocenters. The second kappa shape index (κ2) is 6.47. The lowest BCUT2D eigenvalue weighted by atomic mass is 10.1. The average Bonchev–Trinajstić information content (AvgIpc) is 3.10. The minimum atomic E-state index is -0.512. The summed E-state index contributed by atoms with van der Waals surface area (Å²) in [6.07, 6.45) is 0.0980. The highest BCUT2D eigenvalue weighted by Crippen LogP contribution is 2.33. The number of nitrogens with two attached hydrogens (primary N) is 1. The standard InChI is InChI=1S/C16H18N4O2S/c1-2-10(21)8-20-16(18-15(19-20)7-14(17)22)12-9-23-13-6-4-3-5-11(12)13/h3-6,9-10,21H,2,7-8H2,1H3,(H2,17,22)/t10-/m1/s1. The molecule has 1 aromatic carbocycles. The van der Waals surface area contributed by atoms with Crippen LogP contribution in [0.3, 0.4) is 0 Å². The Kier molecular flexibility index (Phi) is 4.40. The molecule has 2 heterocycles. The van der Waals surface area contributed by atoms with Crippen LogP contribution in [0, 0.1) is 0 Å². The molecule has 0 saturated heterocycles. The van der Waals surface area contributed by atoms with Gasteiger partial charge >= 0.3 is 0 Å². The molecule has 0 spiro atoms. The van der Waals surface area contributed by atoms with Gasteiger partial charge in [-0.1, -0.05) is 25.1 Å². The molecule has 2 aromatic heterocycles. The Balaban J connectivity index is 2.08. The van der Waals surface area contributed by atoms with Crippen LogP contribution in [-0.4, -0.2) is 31.9 Å². The fourth-order valence-electron chi connectivity index (χ4n) is 2.43. The van der Waals surface area contributed by atoms with Gasteiger partial charge in [0.2, 0.25) is 5.91 Å². The van der Waals surface area contributed by atoms with Crippen molar-refractivity contribution in [2.24, 2.45) is 5.73 Å². The van der Waals surface area contributed by atoms with E-state index in [9.17, 15) is 9.90 Å². The first-order chi connectivity index (χ1) is 11.1. The number of rotatable bonds is 6. The summed E-state index contributed by atoms with van der Waals surface area (Å²) in [5.41, 5.74) is 6.20. The SMILES string of the molecule is CC[C@@H](O)Cn1nc(CC(N)=O)nc1-c1csc2ccccc12. The van der Waals surface area contributed by atoms with Gasteiger partial charge in [-0.2, -0.15) is 5.10 Å². The fraction of sp³-hybridized carbons (Fsp3) is 0.312. The Labute approximate surface area is 137 Å². The molecule has 120 valence electrons. The van der Waals surface area contributed by atoms with Crippen molar-refractivity contribution in [1.82, 2.24) is 14.8 Å². The molecular weight excluding hydrogens is 312 g/mol. The van der Waals surface area contributed by atoms with Gasteiger partial charge in [-0.05, 0) is 12.5 Å². The molecule has 3 rings (SSSR count). The summed E-state index contributed by atoms with van der Waals surface area (Å²) in [4.78, 5) is 15.6. The van der Waals surface area contributed by atoms with Crippen LogP contribution in [0.15, 0.2) is 29.6 Å². The van der Waals surface area contributed by atoms with Crippen molar-refractivity contribution >= 4 is 27.3 Å². The predicted molar refractivity (Wildman–Crippen MR) is 90.0 cm³/mol. The number of aliphatic hydroxyl groups is 1. The highest BCUT2D eigenvalue weighted by atomic mass is 32.1. The third-order valence-corrected chi connectivity index (χ3v) is 4.59. The molecule has 0 aliphatic heterocycles. The van der Waals surface area contributed by atoms with Gasteiger partial charge in [-0.25, -0.2) is 9.67 Å². The van der Waals surface area contributed by atoms with Crippen LogP contribution < -0.4 is 5.73 Å². The lowest BCUT2D eigenvalue weighted by Crippen LogP contribution is -2.18. The summed E-state index contributed by atoms with van der Waals surface area (Å²) in [5.74, 6) is 0.567. The molecule has 23 heavy (non-hydrogen) atoms. The number of nitrogens with zero attached hydrogens (tertiary/aromatic N) is 3. The second-order valence-electron chi connectivity index (χ2n) is 5.38. The predicted octanol–water partition coefficient (Wildman–Crippen LogP) is 1.96. The van der Waals surface area contributed by atoms with Crippen LogP contribution in [-0.2, 0) is 17.8 Å². The second-order valence-corrected chi connectivity index (χ2v) is 6.30. The summed E-state index contributed by atoms with van der Waals surface area (Å²) in [5, 5.41) is 17.4. The molecular formula is C16H18N4O2S. The normalized spacial score (nSPS) is 12.6. The number of fused-ring (bicyclic) bond motifs is 1. The summed E-state index contributed by atoms with van der Waals surface area (Å²) in [6, 6.07) is 8.05. The van der Waals surface area contributed by atoms with E-state index in [1.165, 1.54) is 0 Å². The average molecular weight is 330 g/mol. The number of hydrogen-bond acceptors (Lipinski definition) is 5. The van der Waals surface area contributed by atoms with Crippen molar-refractivity contribution in [3.63, 3.8) is 0 Å². The summed E-state index contributed by atoms with van der Waals surface area (Å²) in [6.45, 7) is 2.24. The van der Waals surface area contributed by atoms with E-state index < -0.39 is 12.0 Å². The zero-order valence-corrected chi connectivity index (χ0v) is 13.6. The topological polar surface area (TPSA) is 94.0 Å². The number of aliphatic hydroxyl groups excluding tert-OH is 1. The van der Waals surface area contributed by atoms with E-state index in [2.05, 4.69) is 16.1 Å². The first-order valence-corrected chi connectivity index (χ1v) is 8.33. The molecule has 0 saturated carbocycles. The van der Waals surface area contributed by atoms with E-state index in [0.29, 0.717) is 24.6 Å². The number of carbonyl (C=O) groups excluding carboxylic acids is 1. The quantitative estimate of drug-likeness (QED) is 0.722. The van der Waals surface area contributed by atoms with Gasteiger partial charge in [0.1, 0.15) is 0 Å². The first kappa shape index (κ1) is 15.6. The Hall–Kier alpha value is -2.25. The van der Waals surface area contributed by atoms with E-state index in [4.69, 9.17) is 5.73 Å². The van der Waals surface area contributed by atoms with Crippen molar-refractivity contribution in [2.45, 2.75) is 32.4 Å². The molecule has 6 nitrogen and oxygen atoms in total. The highest BCUT2D eigenvalue weighted by molar-refractivity contribution is 7.17. The third-order valence-electron chi connectivity index (χ3n) is 3.62. The largest absolute Gasteiger partial charge is 0.391 e. The first-order valence-electron chi connectivity index (χ1n) is 7.45. The van der Waals surface area contributed by atoms with Crippen LogP contribution in [0.2, 0.25) is 0 Å². The van der Waals surface area contributed by atoms with Gasteiger partial charge in [-0.3, -0.25) is 4.79 Å². The van der Waals surface area contributed by atoms with Gasteiger partial charge in [0.15, 0.2) is 11.6 Å². The molecule has 0 aliphatic rings. The van der Waals surface area contributed by atoms with Crippen molar-refractivity contribution in [1.29, 1.82) is 0 Å². The van der Waals surface area contributed by atoms with Gasteiger partial charge < -0.3 is 10.8 Å². The van der Waals surface area contributed by atoms with E-state index in [0.717, 1.165) is 15.6 Å². The zero-order chi connectivity index (χ0) is 16.4. The monoisotopic (exact) mass is 330 g/mol.